The molecule has 11 heavy (non-hydrogen) atoms. The van der Waals surface area contributed by atoms with Gasteiger partial charge in [-0.15, -0.1) is 0 Å². The van der Waals surface area contributed by atoms with Gasteiger partial charge in [0, 0.05) is 12.4 Å². The Morgan fingerprint density at radius 3 is 2.82 bits per heavy atom. The zero-order valence-electron chi connectivity index (χ0n) is 6.03. The van der Waals surface area contributed by atoms with Crippen LogP contribution in [0.1, 0.15) is 5.56 Å². The van der Waals surface area contributed by atoms with E-state index in [2.05, 4.69) is 27.4 Å². The predicted octanol–water partition coefficient (Wildman–Crippen LogP) is 1.73. The highest BCUT2D eigenvalue weighted by Crippen LogP contribution is 1.96. The maximum atomic E-state index is 4.44. The van der Waals surface area contributed by atoms with Crippen LogP contribution in [0.4, 0.5) is 0 Å². The fraction of sp³-hybridized carbons (Fsp3) is 0.250. The second-order valence-corrected chi connectivity index (χ2v) is 2.26. The average Bonchev–Trinajstić information content (AvgIpc) is 2.07. The Bertz CT molecular complexity index is 252. The maximum absolute atomic E-state index is 4.44. The SMILES string of the molecule is S=C=NCCc1ccncc1. The van der Waals surface area contributed by atoms with E-state index in [1.54, 1.807) is 12.4 Å². The van der Waals surface area contributed by atoms with E-state index in [1.807, 2.05) is 12.1 Å². The second kappa shape index (κ2) is 4.72. The summed E-state index contributed by atoms with van der Waals surface area (Å²) in [4.78, 5) is 7.72. The highest BCUT2D eigenvalue weighted by atomic mass is 32.1. The Hall–Kier alpha value is -1.05. The molecule has 0 radical (unpaired) electrons. The lowest BCUT2D eigenvalue weighted by Gasteiger charge is -1.93. The van der Waals surface area contributed by atoms with Gasteiger partial charge in [-0.2, -0.15) is 0 Å². The third-order valence-corrected chi connectivity index (χ3v) is 1.46. The van der Waals surface area contributed by atoms with E-state index in [0.29, 0.717) is 6.54 Å². The molecule has 0 aliphatic carbocycles. The molecule has 1 heterocycles. The highest BCUT2D eigenvalue weighted by molar-refractivity contribution is 7.78. The largest absolute Gasteiger partial charge is 0.265 e. The van der Waals surface area contributed by atoms with Crippen LogP contribution >= 0.6 is 12.2 Å². The molecule has 0 N–H and O–H groups in total. The number of thiocarbonyl (C=S) groups is 1. The minimum absolute atomic E-state index is 0.716. The van der Waals surface area contributed by atoms with Gasteiger partial charge in [-0.1, -0.05) is 0 Å². The molecule has 3 heteroatoms. The van der Waals surface area contributed by atoms with Crippen molar-refractivity contribution in [3.8, 4) is 0 Å². The lowest BCUT2D eigenvalue weighted by atomic mass is 10.2. The molecular formula is C8H8N2S. The summed E-state index contributed by atoms with van der Waals surface area (Å²) in [6.45, 7) is 0.716. The fourth-order valence-electron chi connectivity index (χ4n) is 0.780. The van der Waals surface area contributed by atoms with Crippen LogP contribution in [0.15, 0.2) is 29.5 Å². The van der Waals surface area contributed by atoms with Crippen molar-refractivity contribution in [2.24, 2.45) is 4.99 Å². The minimum Gasteiger partial charge on any atom is -0.265 e. The topological polar surface area (TPSA) is 25.2 Å². The summed E-state index contributed by atoms with van der Waals surface area (Å²) in [7, 11) is 0. The van der Waals surface area contributed by atoms with Gasteiger partial charge in [-0.25, -0.2) is 4.99 Å². The van der Waals surface area contributed by atoms with Crippen LogP contribution in [0.2, 0.25) is 0 Å². The number of pyridine rings is 1. The van der Waals surface area contributed by atoms with Gasteiger partial charge < -0.3 is 0 Å². The lowest BCUT2D eigenvalue weighted by molar-refractivity contribution is 0.971. The molecule has 0 saturated carbocycles. The van der Waals surface area contributed by atoms with Crippen LogP contribution in [-0.2, 0) is 6.42 Å². The molecule has 0 aliphatic heterocycles. The van der Waals surface area contributed by atoms with Crippen LogP contribution < -0.4 is 0 Å². The first-order valence-electron chi connectivity index (χ1n) is 3.36. The lowest BCUT2D eigenvalue weighted by Crippen LogP contribution is -1.88. The van der Waals surface area contributed by atoms with Crippen molar-refractivity contribution >= 4 is 17.4 Å². The molecule has 0 spiro atoms. The molecular weight excluding hydrogens is 156 g/mol. The van der Waals surface area contributed by atoms with Crippen LogP contribution in [0.25, 0.3) is 0 Å². The molecule has 0 amide bonds. The first kappa shape index (κ1) is 8.05. The van der Waals surface area contributed by atoms with Gasteiger partial charge in [0.05, 0.1) is 11.7 Å². The Kier molecular flexibility index (Phi) is 3.45. The maximum Gasteiger partial charge on any atom is 0.0585 e. The van der Waals surface area contributed by atoms with Crippen LogP contribution in [-0.4, -0.2) is 16.7 Å². The minimum atomic E-state index is 0.716. The fourth-order valence-corrected chi connectivity index (χ4v) is 0.871. The van der Waals surface area contributed by atoms with E-state index < -0.39 is 0 Å². The molecule has 1 rings (SSSR count). The zero-order chi connectivity index (χ0) is 7.94. The molecule has 56 valence electrons. The van der Waals surface area contributed by atoms with Crippen molar-refractivity contribution in [3.63, 3.8) is 0 Å². The number of nitrogens with zero attached hydrogens (tertiary/aromatic N) is 2. The first-order valence-corrected chi connectivity index (χ1v) is 3.77. The number of rotatable bonds is 3. The van der Waals surface area contributed by atoms with Gasteiger partial charge in [0.2, 0.25) is 0 Å². The average molecular weight is 164 g/mol. The molecule has 0 atom stereocenters. The summed E-state index contributed by atoms with van der Waals surface area (Å²) in [5.74, 6) is 0. The van der Waals surface area contributed by atoms with Crippen LogP contribution in [0.3, 0.4) is 0 Å². The molecule has 0 fully saturated rings. The standard InChI is InChI=1S/C8H8N2S/c11-7-10-6-3-8-1-4-9-5-2-8/h1-2,4-5H,3,6H2. The molecule has 0 aliphatic rings. The molecule has 1 aromatic heterocycles. The third-order valence-electron chi connectivity index (χ3n) is 1.33. The van der Waals surface area contributed by atoms with Gasteiger partial charge in [-0.05, 0) is 36.3 Å². The third kappa shape index (κ3) is 3.03. The Balaban J connectivity index is 2.45. The van der Waals surface area contributed by atoms with Crippen molar-refractivity contribution in [1.82, 2.24) is 4.98 Å². The van der Waals surface area contributed by atoms with Gasteiger partial charge >= 0.3 is 0 Å². The van der Waals surface area contributed by atoms with E-state index >= 15 is 0 Å². The van der Waals surface area contributed by atoms with Gasteiger partial charge in [0.25, 0.3) is 0 Å². The summed E-state index contributed by atoms with van der Waals surface area (Å²) in [6, 6.07) is 3.94. The van der Waals surface area contributed by atoms with Gasteiger partial charge in [0.1, 0.15) is 0 Å². The Labute approximate surface area is 71.0 Å². The van der Waals surface area contributed by atoms with Crippen molar-refractivity contribution in [2.45, 2.75) is 6.42 Å². The van der Waals surface area contributed by atoms with Crippen LogP contribution in [0, 0.1) is 0 Å². The van der Waals surface area contributed by atoms with E-state index in [9.17, 15) is 0 Å². The summed E-state index contributed by atoms with van der Waals surface area (Å²) < 4.78 is 0. The van der Waals surface area contributed by atoms with Crippen LogP contribution in [0.5, 0.6) is 0 Å². The molecule has 0 bridgehead atoms. The van der Waals surface area contributed by atoms with Crippen molar-refractivity contribution in [2.75, 3.05) is 6.54 Å². The van der Waals surface area contributed by atoms with E-state index in [4.69, 9.17) is 0 Å². The van der Waals surface area contributed by atoms with E-state index in [1.165, 1.54) is 5.56 Å². The smallest absolute Gasteiger partial charge is 0.0585 e. The van der Waals surface area contributed by atoms with E-state index in [0.717, 1.165) is 6.42 Å². The summed E-state index contributed by atoms with van der Waals surface area (Å²) in [6.07, 6.45) is 4.46. The number of hydrogen-bond donors (Lipinski definition) is 0. The van der Waals surface area contributed by atoms with E-state index in [-0.39, 0.29) is 0 Å². The normalized spacial score (nSPS) is 8.73. The van der Waals surface area contributed by atoms with Gasteiger partial charge in [-0.3, -0.25) is 4.98 Å². The molecule has 1 aromatic rings. The number of aliphatic imine (C=N–C) groups is 1. The van der Waals surface area contributed by atoms with Crippen molar-refractivity contribution in [3.05, 3.63) is 30.1 Å². The second-order valence-electron chi connectivity index (χ2n) is 2.08. The Morgan fingerprint density at radius 1 is 1.45 bits per heavy atom. The first-order chi connectivity index (χ1) is 5.43. The Morgan fingerprint density at radius 2 is 2.18 bits per heavy atom. The molecule has 0 unspecified atom stereocenters. The van der Waals surface area contributed by atoms with Crippen molar-refractivity contribution < 1.29 is 0 Å². The highest BCUT2D eigenvalue weighted by Gasteiger charge is 1.87. The van der Waals surface area contributed by atoms with Crippen molar-refractivity contribution in [1.29, 1.82) is 0 Å². The number of isothiocyanates is 1. The molecule has 0 saturated heterocycles. The quantitative estimate of drug-likeness (QED) is 0.502. The zero-order valence-corrected chi connectivity index (χ0v) is 6.84. The number of aromatic nitrogens is 1. The molecule has 2 nitrogen and oxygen atoms in total. The summed E-state index contributed by atoms with van der Waals surface area (Å²) in [5.41, 5.74) is 1.23. The monoisotopic (exact) mass is 164 g/mol. The number of hydrogen-bond acceptors (Lipinski definition) is 3. The molecule has 0 aromatic carbocycles. The summed E-state index contributed by atoms with van der Waals surface area (Å²) in [5, 5.41) is 2.33. The predicted molar refractivity (Wildman–Crippen MR) is 47.8 cm³/mol. The summed E-state index contributed by atoms with van der Waals surface area (Å²) >= 11 is 4.44. The van der Waals surface area contributed by atoms with Gasteiger partial charge in [0.15, 0.2) is 0 Å².